The fourth-order valence-corrected chi connectivity index (χ4v) is 5.94. The molecule has 9 heteroatoms. The highest BCUT2D eigenvalue weighted by atomic mass is 32.1. The van der Waals surface area contributed by atoms with E-state index in [2.05, 4.69) is 15.0 Å². The second-order valence-electron chi connectivity index (χ2n) is 10.1. The Kier molecular flexibility index (Phi) is 8.61. The van der Waals surface area contributed by atoms with Crippen molar-refractivity contribution in [2.45, 2.75) is 90.1 Å². The Morgan fingerprint density at radius 1 is 0.972 bits per heavy atom. The third-order valence-corrected chi connectivity index (χ3v) is 8.31. The van der Waals surface area contributed by atoms with Crippen LogP contribution in [0.25, 0.3) is 0 Å². The fourth-order valence-electron chi connectivity index (χ4n) is 5.20. The summed E-state index contributed by atoms with van der Waals surface area (Å²) in [7, 11) is 0. The number of aryl methyl sites for hydroxylation is 1. The largest absolute Gasteiger partial charge is 0.395 e. The van der Waals surface area contributed by atoms with Gasteiger partial charge in [-0.05, 0) is 68.3 Å². The number of aromatic nitrogens is 1. The van der Waals surface area contributed by atoms with Crippen LogP contribution in [0.1, 0.15) is 95.5 Å². The molecule has 2 aliphatic carbocycles. The van der Waals surface area contributed by atoms with Gasteiger partial charge in [0, 0.05) is 17.8 Å². The number of hydrogen-bond donors (Lipinski definition) is 3. The molecular weight excluding hydrogens is 474 g/mol. The molecule has 0 radical (unpaired) electrons. The van der Waals surface area contributed by atoms with Crippen LogP contribution in [0.3, 0.4) is 0 Å². The average molecular weight is 512 g/mol. The molecule has 0 saturated heterocycles. The summed E-state index contributed by atoms with van der Waals surface area (Å²) in [4.78, 5) is 41.3. The van der Waals surface area contributed by atoms with Gasteiger partial charge in [-0.3, -0.25) is 19.3 Å². The number of nitrogens with two attached hydrogens (primary N) is 1. The first kappa shape index (κ1) is 26.1. The molecule has 0 spiro atoms. The number of rotatable bonds is 7. The van der Waals surface area contributed by atoms with E-state index in [1.54, 1.807) is 0 Å². The molecule has 3 amide bonds. The number of benzene rings is 1. The van der Waals surface area contributed by atoms with Gasteiger partial charge in [-0.1, -0.05) is 50.7 Å². The molecule has 8 nitrogen and oxygen atoms in total. The lowest BCUT2D eigenvalue weighted by Crippen LogP contribution is -2.45. The monoisotopic (exact) mass is 511 g/mol. The first-order valence-electron chi connectivity index (χ1n) is 13.1. The van der Waals surface area contributed by atoms with E-state index in [-0.39, 0.29) is 46.7 Å². The van der Waals surface area contributed by atoms with Crippen LogP contribution in [0.2, 0.25) is 0 Å². The summed E-state index contributed by atoms with van der Waals surface area (Å²) in [6, 6.07) is 5.93. The van der Waals surface area contributed by atoms with Gasteiger partial charge in [0.2, 0.25) is 5.91 Å². The Balaban J connectivity index is 1.56. The van der Waals surface area contributed by atoms with E-state index in [9.17, 15) is 14.4 Å². The molecular formula is C27H37N5O3S. The topological polar surface area (TPSA) is 117 Å². The molecule has 0 atom stereocenters. The van der Waals surface area contributed by atoms with Crippen LogP contribution < -0.4 is 21.3 Å². The molecule has 0 aliphatic heterocycles. The molecule has 2 fully saturated rings. The van der Waals surface area contributed by atoms with E-state index in [1.807, 2.05) is 32.0 Å². The molecule has 0 bridgehead atoms. The molecule has 4 N–H and O–H groups in total. The third kappa shape index (κ3) is 6.06. The van der Waals surface area contributed by atoms with Crippen molar-refractivity contribution in [3.8, 4) is 0 Å². The molecule has 2 aromatic rings. The molecule has 2 saturated carbocycles. The van der Waals surface area contributed by atoms with Gasteiger partial charge in [0.15, 0.2) is 5.69 Å². The summed E-state index contributed by atoms with van der Waals surface area (Å²) >= 11 is 0.912. The van der Waals surface area contributed by atoms with Crippen LogP contribution in [0.15, 0.2) is 18.2 Å². The lowest BCUT2D eigenvalue weighted by molar-refractivity contribution is -0.120. The first-order valence-corrected chi connectivity index (χ1v) is 13.9. The molecule has 1 aromatic heterocycles. The molecule has 1 heterocycles. The lowest BCUT2D eigenvalue weighted by Gasteiger charge is -2.27. The van der Waals surface area contributed by atoms with Gasteiger partial charge in [-0.2, -0.15) is 4.37 Å². The second kappa shape index (κ2) is 11.9. The number of amides is 3. The quantitative estimate of drug-likeness (QED) is 0.506. The van der Waals surface area contributed by atoms with E-state index < -0.39 is 5.91 Å². The fraction of sp³-hybridized carbons (Fsp3) is 0.556. The maximum atomic E-state index is 13.8. The van der Waals surface area contributed by atoms with Gasteiger partial charge in [0.25, 0.3) is 11.8 Å². The van der Waals surface area contributed by atoms with Crippen molar-refractivity contribution in [1.82, 2.24) is 15.0 Å². The maximum absolute atomic E-state index is 13.8. The van der Waals surface area contributed by atoms with Crippen molar-refractivity contribution in [2.75, 3.05) is 17.2 Å². The Morgan fingerprint density at radius 2 is 1.58 bits per heavy atom. The van der Waals surface area contributed by atoms with E-state index in [1.165, 1.54) is 17.7 Å². The van der Waals surface area contributed by atoms with Gasteiger partial charge in [0.05, 0.1) is 5.69 Å². The van der Waals surface area contributed by atoms with E-state index in [4.69, 9.17) is 5.73 Å². The zero-order valence-electron chi connectivity index (χ0n) is 21.3. The maximum Gasteiger partial charge on any atom is 0.273 e. The molecule has 4 rings (SSSR count). The lowest BCUT2D eigenvalue weighted by atomic mass is 9.95. The Morgan fingerprint density at radius 3 is 2.22 bits per heavy atom. The first-order chi connectivity index (χ1) is 17.3. The highest BCUT2D eigenvalue weighted by Crippen LogP contribution is 2.29. The SMILES string of the molecule is Cc1cccc(N(CC(=O)NC2CCCCC2)C(=O)c2snc(C(=O)NC3CCCCC3)c2N)c1C. The van der Waals surface area contributed by atoms with Crippen LogP contribution in [-0.4, -0.2) is 40.7 Å². The van der Waals surface area contributed by atoms with Crippen LogP contribution in [-0.2, 0) is 4.79 Å². The van der Waals surface area contributed by atoms with Gasteiger partial charge < -0.3 is 16.4 Å². The van der Waals surface area contributed by atoms with Crippen molar-refractivity contribution in [2.24, 2.45) is 0 Å². The van der Waals surface area contributed by atoms with Crippen molar-refractivity contribution in [3.63, 3.8) is 0 Å². The Hall–Kier alpha value is -2.94. The number of hydrogen-bond acceptors (Lipinski definition) is 6. The molecule has 1 aromatic carbocycles. The van der Waals surface area contributed by atoms with Crippen LogP contribution in [0.4, 0.5) is 11.4 Å². The summed E-state index contributed by atoms with van der Waals surface area (Å²) in [6.45, 7) is 3.78. The van der Waals surface area contributed by atoms with Gasteiger partial charge in [0.1, 0.15) is 11.4 Å². The predicted octanol–water partition coefficient (Wildman–Crippen LogP) is 4.50. The number of nitrogen functional groups attached to an aromatic ring is 1. The van der Waals surface area contributed by atoms with Crippen LogP contribution in [0.5, 0.6) is 0 Å². The normalized spacial score (nSPS) is 16.9. The van der Waals surface area contributed by atoms with Gasteiger partial charge in [-0.25, -0.2) is 0 Å². The number of nitrogens with zero attached hydrogens (tertiary/aromatic N) is 2. The smallest absolute Gasteiger partial charge is 0.273 e. The van der Waals surface area contributed by atoms with Crippen molar-refractivity contribution >= 4 is 40.6 Å². The third-order valence-electron chi connectivity index (χ3n) is 7.46. The number of carbonyl (C=O) groups excluding carboxylic acids is 3. The van der Waals surface area contributed by atoms with Crippen LogP contribution >= 0.6 is 11.5 Å². The minimum Gasteiger partial charge on any atom is -0.395 e. The summed E-state index contributed by atoms with van der Waals surface area (Å²) in [6.07, 6.45) is 10.6. The molecule has 2 aliphatic rings. The number of nitrogens with one attached hydrogen (secondary N) is 2. The summed E-state index contributed by atoms with van der Waals surface area (Å²) in [5.41, 5.74) is 9.05. The summed E-state index contributed by atoms with van der Waals surface area (Å²) < 4.78 is 4.25. The minimum absolute atomic E-state index is 0.0707. The summed E-state index contributed by atoms with van der Waals surface area (Å²) in [5.74, 6) is -0.966. The van der Waals surface area contributed by atoms with Gasteiger partial charge in [-0.15, -0.1) is 0 Å². The highest BCUT2D eigenvalue weighted by molar-refractivity contribution is 7.09. The Bertz CT molecular complexity index is 1100. The molecule has 194 valence electrons. The van der Waals surface area contributed by atoms with E-state index >= 15 is 0 Å². The number of anilines is 2. The van der Waals surface area contributed by atoms with Crippen molar-refractivity contribution in [1.29, 1.82) is 0 Å². The minimum atomic E-state index is -0.422. The van der Waals surface area contributed by atoms with Crippen LogP contribution in [0, 0.1) is 13.8 Å². The molecule has 36 heavy (non-hydrogen) atoms. The zero-order valence-corrected chi connectivity index (χ0v) is 22.1. The van der Waals surface area contributed by atoms with E-state index in [0.29, 0.717) is 5.69 Å². The second-order valence-corrected chi connectivity index (χ2v) is 10.9. The zero-order chi connectivity index (χ0) is 25.7. The van der Waals surface area contributed by atoms with Gasteiger partial charge >= 0.3 is 0 Å². The average Bonchev–Trinajstić information content (AvgIpc) is 3.26. The Labute approximate surface area is 217 Å². The van der Waals surface area contributed by atoms with Crippen molar-refractivity contribution in [3.05, 3.63) is 39.9 Å². The highest BCUT2D eigenvalue weighted by Gasteiger charge is 2.30. The number of carbonyl (C=O) groups is 3. The predicted molar refractivity (Wildman–Crippen MR) is 143 cm³/mol. The molecule has 0 unspecified atom stereocenters. The summed E-state index contributed by atoms with van der Waals surface area (Å²) in [5, 5.41) is 6.12. The van der Waals surface area contributed by atoms with Crippen molar-refractivity contribution < 1.29 is 14.4 Å². The van der Waals surface area contributed by atoms with E-state index in [0.717, 1.165) is 74.0 Å². The standard InChI is InChI=1S/C27H37N5O3S/c1-17-10-9-15-21(18(17)2)32(16-22(33)29-19-11-5-3-6-12-19)27(35)25-23(28)24(31-36-25)26(34)30-20-13-7-4-8-14-20/h9-10,15,19-20H,3-8,11-14,16,28H2,1-2H3,(H,29,33)(H,30,34).